The van der Waals surface area contributed by atoms with Crippen LogP contribution < -0.4 is 0 Å². The predicted molar refractivity (Wildman–Crippen MR) is 208 cm³/mol. The van der Waals surface area contributed by atoms with Crippen LogP contribution in [0.3, 0.4) is 0 Å². The summed E-state index contributed by atoms with van der Waals surface area (Å²) in [6.45, 7) is 6.47. The summed E-state index contributed by atoms with van der Waals surface area (Å²) in [6, 6.07) is 48.7. The summed E-state index contributed by atoms with van der Waals surface area (Å²) in [4.78, 5) is 5.08. The zero-order valence-corrected chi connectivity index (χ0v) is 28.6. The molecule has 0 amide bonds. The molecule has 0 spiro atoms. The lowest BCUT2D eigenvalue weighted by Gasteiger charge is -2.19. The van der Waals surface area contributed by atoms with Crippen molar-refractivity contribution >= 4 is 33.1 Å². The summed E-state index contributed by atoms with van der Waals surface area (Å²) in [5.41, 5.74) is 18.4. The SMILES string of the molecule is Cc1cc(C)cc(-c2c3ccccc3c(-c3cc(C)cc(Cl)c3)c3cc(-c4ccc(-c5cccc6c5Cc5ccccc5-6)cn4)ccc23)c1. The first-order chi connectivity index (χ1) is 23.9. The minimum Gasteiger partial charge on any atom is -0.256 e. The van der Waals surface area contributed by atoms with E-state index in [0.717, 1.165) is 39.4 Å². The maximum atomic E-state index is 6.71. The number of hydrogen-bond acceptors (Lipinski definition) is 1. The fraction of sp³-hybridized carbons (Fsp3) is 0.0851. The second-order valence-corrected chi connectivity index (χ2v) is 14.0. The quantitative estimate of drug-likeness (QED) is 0.173. The topological polar surface area (TPSA) is 12.9 Å². The van der Waals surface area contributed by atoms with Crippen LogP contribution in [0.15, 0.2) is 140 Å². The van der Waals surface area contributed by atoms with Gasteiger partial charge in [-0.1, -0.05) is 132 Å². The fourth-order valence-electron chi connectivity index (χ4n) is 8.11. The van der Waals surface area contributed by atoms with Crippen LogP contribution in [-0.4, -0.2) is 4.98 Å². The lowest BCUT2D eigenvalue weighted by Crippen LogP contribution is -1.94. The molecule has 7 aromatic carbocycles. The molecule has 1 heterocycles. The van der Waals surface area contributed by atoms with E-state index < -0.39 is 0 Å². The molecule has 8 aromatic rings. The largest absolute Gasteiger partial charge is 0.256 e. The predicted octanol–water partition coefficient (Wildman–Crippen LogP) is 13.2. The minimum atomic E-state index is 0.745. The third-order valence-corrected chi connectivity index (χ3v) is 10.3. The van der Waals surface area contributed by atoms with Gasteiger partial charge in [-0.3, -0.25) is 4.98 Å². The Hall–Kier alpha value is -5.50. The molecule has 0 radical (unpaired) electrons. The molecule has 0 aliphatic heterocycles. The Morgan fingerprint density at radius 3 is 1.82 bits per heavy atom. The summed E-state index contributed by atoms with van der Waals surface area (Å²) in [5.74, 6) is 0. The average molecular weight is 648 g/mol. The van der Waals surface area contributed by atoms with Crippen LogP contribution in [0, 0.1) is 20.8 Å². The highest BCUT2D eigenvalue weighted by molar-refractivity contribution is 6.31. The number of aromatic nitrogens is 1. The Labute approximate surface area is 292 Å². The molecule has 1 nitrogen and oxygen atoms in total. The van der Waals surface area contributed by atoms with Crippen LogP contribution in [0.1, 0.15) is 27.8 Å². The van der Waals surface area contributed by atoms with Crippen molar-refractivity contribution < 1.29 is 0 Å². The second-order valence-electron chi connectivity index (χ2n) is 13.5. The van der Waals surface area contributed by atoms with Gasteiger partial charge in [0.25, 0.3) is 0 Å². The Kier molecular flexibility index (Phi) is 7.00. The van der Waals surface area contributed by atoms with Gasteiger partial charge in [-0.2, -0.15) is 0 Å². The summed E-state index contributed by atoms with van der Waals surface area (Å²) in [6.07, 6.45) is 3.00. The number of fused-ring (bicyclic) bond motifs is 5. The van der Waals surface area contributed by atoms with E-state index in [4.69, 9.17) is 16.6 Å². The molecule has 49 heavy (non-hydrogen) atoms. The normalized spacial score (nSPS) is 12.0. The molecule has 0 unspecified atom stereocenters. The van der Waals surface area contributed by atoms with Crippen LogP contribution in [0.2, 0.25) is 5.02 Å². The first-order valence-electron chi connectivity index (χ1n) is 16.9. The van der Waals surface area contributed by atoms with Gasteiger partial charge in [0.1, 0.15) is 0 Å². The summed E-state index contributed by atoms with van der Waals surface area (Å²) < 4.78 is 0. The molecule has 0 saturated carbocycles. The van der Waals surface area contributed by atoms with Crippen molar-refractivity contribution in [3.05, 3.63) is 172 Å². The van der Waals surface area contributed by atoms with E-state index in [-0.39, 0.29) is 0 Å². The zero-order valence-electron chi connectivity index (χ0n) is 27.8. The van der Waals surface area contributed by atoms with Crippen LogP contribution in [-0.2, 0) is 6.42 Å². The number of aryl methyl sites for hydroxylation is 3. The molecule has 0 saturated heterocycles. The van der Waals surface area contributed by atoms with Crippen LogP contribution in [0.25, 0.3) is 77.3 Å². The number of pyridine rings is 1. The molecule has 0 fully saturated rings. The van der Waals surface area contributed by atoms with Gasteiger partial charge in [-0.05, 0) is 129 Å². The number of halogens is 1. The lowest BCUT2D eigenvalue weighted by atomic mass is 9.84. The highest BCUT2D eigenvalue weighted by atomic mass is 35.5. The van der Waals surface area contributed by atoms with Crippen molar-refractivity contribution in [2.45, 2.75) is 27.2 Å². The fourth-order valence-corrected chi connectivity index (χ4v) is 8.40. The van der Waals surface area contributed by atoms with Crippen molar-refractivity contribution in [1.29, 1.82) is 0 Å². The first-order valence-corrected chi connectivity index (χ1v) is 17.3. The Bertz CT molecular complexity index is 2570. The van der Waals surface area contributed by atoms with Crippen molar-refractivity contribution in [3.8, 4) is 55.8 Å². The van der Waals surface area contributed by atoms with Crippen molar-refractivity contribution in [3.63, 3.8) is 0 Å². The van der Waals surface area contributed by atoms with Gasteiger partial charge in [0.05, 0.1) is 5.69 Å². The number of benzene rings is 7. The molecule has 234 valence electrons. The Balaban J connectivity index is 1.24. The maximum Gasteiger partial charge on any atom is 0.0702 e. The number of hydrogen-bond donors (Lipinski definition) is 0. The summed E-state index contributed by atoms with van der Waals surface area (Å²) in [5, 5.41) is 5.60. The Morgan fingerprint density at radius 2 is 1.08 bits per heavy atom. The molecule has 1 aromatic heterocycles. The van der Waals surface area contributed by atoms with E-state index >= 15 is 0 Å². The zero-order chi connectivity index (χ0) is 33.2. The van der Waals surface area contributed by atoms with Crippen LogP contribution in [0.5, 0.6) is 0 Å². The number of rotatable bonds is 4. The number of nitrogens with zero attached hydrogens (tertiary/aromatic N) is 1. The molecule has 2 heteroatoms. The summed E-state index contributed by atoms with van der Waals surface area (Å²) in [7, 11) is 0. The highest BCUT2D eigenvalue weighted by Crippen LogP contribution is 2.46. The van der Waals surface area contributed by atoms with Crippen molar-refractivity contribution in [2.75, 3.05) is 0 Å². The molecule has 1 aliphatic carbocycles. The van der Waals surface area contributed by atoms with Crippen LogP contribution in [0.4, 0.5) is 0 Å². The first kappa shape index (κ1) is 29.6. The van der Waals surface area contributed by atoms with E-state index in [0.29, 0.717) is 0 Å². The minimum absolute atomic E-state index is 0.745. The van der Waals surface area contributed by atoms with E-state index in [9.17, 15) is 0 Å². The molecular formula is C47H34ClN. The monoisotopic (exact) mass is 647 g/mol. The van der Waals surface area contributed by atoms with Crippen LogP contribution >= 0.6 is 11.6 Å². The Morgan fingerprint density at radius 1 is 0.469 bits per heavy atom. The lowest BCUT2D eigenvalue weighted by molar-refractivity contribution is 1.25. The molecule has 0 atom stereocenters. The molecule has 9 rings (SSSR count). The van der Waals surface area contributed by atoms with Gasteiger partial charge in [0.15, 0.2) is 0 Å². The maximum absolute atomic E-state index is 6.71. The van der Waals surface area contributed by atoms with Gasteiger partial charge in [-0.15, -0.1) is 0 Å². The molecule has 0 N–H and O–H groups in total. The standard InChI is InChI=1S/C47H34ClN/c1-28-19-29(2)21-34(20-28)46-40-11-6-7-12-41(40)47(35-22-30(3)23-36(48)24-35)44-26-32(15-17-42(44)46)45-18-16-33(27-49-45)38-13-8-14-39-37-10-5-4-9-31(37)25-43(38)39/h4-24,26-27H,25H2,1-3H3. The molecule has 0 bridgehead atoms. The van der Waals surface area contributed by atoms with Gasteiger partial charge in [-0.25, -0.2) is 0 Å². The third kappa shape index (κ3) is 5.05. The average Bonchev–Trinajstić information content (AvgIpc) is 3.48. The van der Waals surface area contributed by atoms with Gasteiger partial charge in [0, 0.05) is 22.3 Å². The van der Waals surface area contributed by atoms with Crippen molar-refractivity contribution in [2.24, 2.45) is 0 Å². The van der Waals surface area contributed by atoms with E-state index in [1.807, 2.05) is 12.3 Å². The van der Waals surface area contributed by atoms with E-state index in [1.165, 1.54) is 77.2 Å². The summed E-state index contributed by atoms with van der Waals surface area (Å²) >= 11 is 6.71. The van der Waals surface area contributed by atoms with Gasteiger partial charge < -0.3 is 0 Å². The van der Waals surface area contributed by atoms with Crippen molar-refractivity contribution in [1.82, 2.24) is 4.98 Å². The smallest absolute Gasteiger partial charge is 0.0702 e. The second kappa shape index (κ2) is 11.6. The van der Waals surface area contributed by atoms with Gasteiger partial charge >= 0.3 is 0 Å². The molecule has 1 aliphatic rings. The van der Waals surface area contributed by atoms with E-state index in [1.54, 1.807) is 0 Å². The van der Waals surface area contributed by atoms with Gasteiger partial charge in [0.2, 0.25) is 0 Å². The third-order valence-electron chi connectivity index (χ3n) is 10.1. The molecular weight excluding hydrogens is 614 g/mol. The van der Waals surface area contributed by atoms with E-state index in [2.05, 4.69) is 148 Å². The highest BCUT2D eigenvalue weighted by Gasteiger charge is 2.22.